The van der Waals surface area contributed by atoms with Crippen molar-refractivity contribution in [2.75, 3.05) is 7.05 Å². The number of benzene rings is 2. The van der Waals surface area contributed by atoms with Gasteiger partial charge in [0.2, 0.25) is 5.91 Å². The molecular formula is C37H46N6O5S. The standard InChI is InChI=1S/C37H46N6O5S/c1-25(2)34(42-36(46)43(4)22-31-24-49-26(3)39-31)35(45)40-30(18-27-12-7-5-8-13-27)20-33(44)32(19-28-14-9-6-10-15-28)41-37(47)48-23-29-16-11-17-38-21-29/h5-17,21,24-25,30,32-34,44H,18-20,22-23H2,1-4H3,(H,40,45)(H,41,47)(H,42,46)/t30-,32-,33-,34-/m0/s1. The number of nitrogens with zero attached hydrogens (tertiary/aromatic N) is 3. The van der Waals surface area contributed by atoms with Crippen LogP contribution in [0.2, 0.25) is 0 Å². The van der Waals surface area contributed by atoms with Gasteiger partial charge >= 0.3 is 12.1 Å². The van der Waals surface area contributed by atoms with E-state index in [0.717, 1.165) is 27.4 Å². The van der Waals surface area contributed by atoms with E-state index in [1.165, 1.54) is 16.2 Å². The van der Waals surface area contributed by atoms with Crippen molar-refractivity contribution < 1.29 is 24.2 Å². The quantitative estimate of drug-likeness (QED) is 0.129. The number of aliphatic hydroxyl groups excluding tert-OH is 1. The molecule has 4 atom stereocenters. The molecule has 4 aromatic rings. The third kappa shape index (κ3) is 12.3. The summed E-state index contributed by atoms with van der Waals surface area (Å²) < 4.78 is 5.45. The summed E-state index contributed by atoms with van der Waals surface area (Å²) in [4.78, 5) is 49.9. The molecule has 0 aliphatic rings. The van der Waals surface area contributed by atoms with Crippen LogP contribution in [0.3, 0.4) is 0 Å². The summed E-state index contributed by atoms with van der Waals surface area (Å²) >= 11 is 1.51. The van der Waals surface area contributed by atoms with Crippen LogP contribution in [0.5, 0.6) is 0 Å². The highest BCUT2D eigenvalue weighted by atomic mass is 32.1. The number of aryl methyl sites for hydroxylation is 1. The first-order valence-corrected chi connectivity index (χ1v) is 17.3. The van der Waals surface area contributed by atoms with Gasteiger partial charge in [-0.3, -0.25) is 9.78 Å². The molecule has 0 saturated carbocycles. The number of pyridine rings is 1. The zero-order chi connectivity index (χ0) is 35.2. The number of ether oxygens (including phenoxy) is 1. The van der Waals surface area contributed by atoms with E-state index in [9.17, 15) is 19.5 Å². The Morgan fingerprint density at radius 2 is 1.55 bits per heavy atom. The van der Waals surface area contributed by atoms with E-state index in [1.807, 2.05) is 86.8 Å². The van der Waals surface area contributed by atoms with Gasteiger partial charge in [-0.25, -0.2) is 14.6 Å². The van der Waals surface area contributed by atoms with E-state index >= 15 is 0 Å². The monoisotopic (exact) mass is 686 g/mol. The number of alkyl carbamates (subject to hydrolysis) is 1. The van der Waals surface area contributed by atoms with Crippen molar-refractivity contribution in [2.45, 2.75) is 77.4 Å². The molecule has 4 rings (SSSR count). The maximum Gasteiger partial charge on any atom is 0.407 e. The third-order valence-corrected chi connectivity index (χ3v) is 8.82. The lowest BCUT2D eigenvalue weighted by Crippen LogP contribution is -2.55. The van der Waals surface area contributed by atoms with Crippen LogP contribution < -0.4 is 16.0 Å². The highest BCUT2D eigenvalue weighted by Gasteiger charge is 2.31. The molecule has 0 radical (unpaired) electrons. The second-order valence-corrected chi connectivity index (χ2v) is 13.5. The number of aromatic nitrogens is 2. The number of hydrogen-bond acceptors (Lipinski definition) is 8. The van der Waals surface area contributed by atoms with Crippen LogP contribution >= 0.6 is 11.3 Å². The number of rotatable bonds is 16. The van der Waals surface area contributed by atoms with Crippen molar-refractivity contribution in [1.82, 2.24) is 30.8 Å². The molecule has 2 aromatic carbocycles. The highest BCUT2D eigenvalue weighted by molar-refractivity contribution is 7.09. The Morgan fingerprint density at radius 3 is 2.14 bits per heavy atom. The fourth-order valence-corrected chi connectivity index (χ4v) is 5.99. The molecule has 0 fully saturated rings. The number of carbonyl (C=O) groups excluding carboxylic acids is 3. The normalized spacial score (nSPS) is 13.5. The summed E-state index contributed by atoms with van der Waals surface area (Å²) in [6, 6.07) is 20.3. The fourth-order valence-electron chi connectivity index (χ4n) is 5.39. The Bertz CT molecular complexity index is 1610. The lowest BCUT2D eigenvalue weighted by Gasteiger charge is -2.30. The molecule has 0 unspecified atom stereocenters. The molecule has 11 nitrogen and oxygen atoms in total. The predicted octanol–water partition coefficient (Wildman–Crippen LogP) is 5.03. The van der Waals surface area contributed by atoms with E-state index in [-0.39, 0.29) is 24.9 Å². The van der Waals surface area contributed by atoms with Crippen molar-refractivity contribution in [3.05, 3.63) is 118 Å². The largest absolute Gasteiger partial charge is 0.445 e. The number of aliphatic hydroxyl groups is 1. The van der Waals surface area contributed by atoms with Gasteiger partial charge in [-0.15, -0.1) is 11.3 Å². The molecule has 0 bridgehead atoms. The lowest BCUT2D eigenvalue weighted by atomic mass is 9.93. The molecule has 260 valence electrons. The Labute approximate surface area is 292 Å². The number of carbonyl (C=O) groups is 3. The van der Waals surface area contributed by atoms with Crippen LogP contribution in [0.4, 0.5) is 9.59 Å². The van der Waals surface area contributed by atoms with Gasteiger partial charge in [0.05, 0.1) is 29.4 Å². The van der Waals surface area contributed by atoms with E-state index in [0.29, 0.717) is 19.4 Å². The van der Waals surface area contributed by atoms with Crippen LogP contribution in [0.15, 0.2) is 90.6 Å². The molecule has 2 aromatic heterocycles. The zero-order valence-corrected chi connectivity index (χ0v) is 29.2. The van der Waals surface area contributed by atoms with Crippen LogP contribution in [-0.2, 0) is 35.5 Å². The molecule has 0 saturated heterocycles. The van der Waals surface area contributed by atoms with Crippen molar-refractivity contribution in [2.24, 2.45) is 5.92 Å². The molecule has 12 heteroatoms. The van der Waals surface area contributed by atoms with Crippen LogP contribution in [-0.4, -0.2) is 69.3 Å². The summed E-state index contributed by atoms with van der Waals surface area (Å²) in [6.07, 6.45) is 2.42. The maximum absolute atomic E-state index is 13.8. The number of urea groups is 1. The number of nitrogens with one attached hydrogen (secondary N) is 3. The van der Waals surface area contributed by atoms with Gasteiger partial charge in [0.15, 0.2) is 0 Å². The zero-order valence-electron chi connectivity index (χ0n) is 28.4. The summed E-state index contributed by atoms with van der Waals surface area (Å²) in [5.74, 6) is -0.582. The predicted molar refractivity (Wildman–Crippen MR) is 190 cm³/mol. The van der Waals surface area contributed by atoms with Gasteiger partial charge in [-0.1, -0.05) is 80.6 Å². The third-order valence-electron chi connectivity index (χ3n) is 8.00. The van der Waals surface area contributed by atoms with Gasteiger partial charge in [0.25, 0.3) is 0 Å². The average molecular weight is 687 g/mol. The summed E-state index contributed by atoms with van der Waals surface area (Å²) in [5.41, 5.74) is 3.40. The average Bonchev–Trinajstić information content (AvgIpc) is 3.50. The Kier molecular flexibility index (Phi) is 14.1. The molecule has 0 aliphatic carbocycles. The first-order chi connectivity index (χ1) is 23.6. The fraction of sp³-hybridized carbons (Fsp3) is 0.378. The van der Waals surface area contributed by atoms with Gasteiger partial charge in [-0.2, -0.15) is 0 Å². The van der Waals surface area contributed by atoms with E-state index in [4.69, 9.17) is 4.74 Å². The number of thiazole rings is 1. The second kappa shape index (κ2) is 18.7. The van der Waals surface area contributed by atoms with E-state index in [1.54, 1.807) is 31.6 Å². The van der Waals surface area contributed by atoms with Crippen molar-refractivity contribution in [1.29, 1.82) is 0 Å². The van der Waals surface area contributed by atoms with Crippen LogP contribution in [0.1, 0.15) is 47.7 Å². The van der Waals surface area contributed by atoms with Gasteiger partial charge in [-0.05, 0) is 49.3 Å². The van der Waals surface area contributed by atoms with Crippen molar-refractivity contribution in [3.8, 4) is 0 Å². The van der Waals surface area contributed by atoms with Crippen LogP contribution in [0.25, 0.3) is 0 Å². The summed E-state index contributed by atoms with van der Waals surface area (Å²) in [5, 5.41) is 23.3. The Hall–Kier alpha value is -4.81. The maximum atomic E-state index is 13.8. The summed E-state index contributed by atoms with van der Waals surface area (Å²) in [7, 11) is 1.66. The minimum Gasteiger partial charge on any atom is -0.445 e. The Balaban J connectivity index is 1.47. The molecule has 0 aliphatic heterocycles. The smallest absolute Gasteiger partial charge is 0.407 e. The van der Waals surface area contributed by atoms with Gasteiger partial charge in [0, 0.05) is 36.4 Å². The highest BCUT2D eigenvalue weighted by Crippen LogP contribution is 2.16. The van der Waals surface area contributed by atoms with E-state index < -0.39 is 36.4 Å². The van der Waals surface area contributed by atoms with E-state index in [2.05, 4.69) is 25.9 Å². The topological polar surface area (TPSA) is 146 Å². The first kappa shape index (κ1) is 37.0. The molecule has 49 heavy (non-hydrogen) atoms. The molecule has 0 spiro atoms. The molecule has 2 heterocycles. The van der Waals surface area contributed by atoms with Crippen LogP contribution in [0, 0.1) is 12.8 Å². The van der Waals surface area contributed by atoms with Crippen molar-refractivity contribution in [3.63, 3.8) is 0 Å². The summed E-state index contributed by atoms with van der Waals surface area (Å²) in [6.45, 7) is 5.98. The first-order valence-electron chi connectivity index (χ1n) is 16.4. The molecule has 4 amide bonds. The number of amides is 4. The lowest BCUT2D eigenvalue weighted by molar-refractivity contribution is -0.124. The van der Waals surface area contributed by atoms with Gasteiger partial charge < -0.3 is 30.7 Å². The van der Waals surface area contributed by atoms with Gasteiger partial charge in [0.1, 0.15) is 12.6 Å². The minimum atomic E-state index is -1.06. The Morgan fingerprint density at radius 1 is 0.898 bits per heavy atom. The second-order valence-electron chi connectivity index (χ2n) is 12.5. The minimum absolute atomic E-state index is 0.0292. The van der Waals surface area contributed by atoms with Crippen molar-refractivity contribution >= 4 is 29.4 Å². The SMILES string of the molecule is Cc1nc(CN(C)C(=O)N[C@H](C(=O)N[C@@H](Cc2ccccc2)C[C@H](O)[C@H](Cc2ccccc2)NC(=O)OCc2cccnc2)C(C)C)cs1. The molecule has 4 N–H and O–H groups in total. The number of hydrogen-bond donors (Lipinski definition) is 4. The molecular weight excluding hydrogens is 641 g/mol.